The van der Waals surface area contributed by atoms with Crippen LogP contribution in [0.4, 0.5) is 4.39 Å². The van der Waals surface area contributed by atoms with Gasteiger partial charge in [-0.05, 0) is 56.1 Å². The maximum Gasteiger partial charge on any atom is 0.333 e. The fourth-order valence-corrected chi connectivity index (χ4v) is 5.76. The first-order valence-corrected chi connectivity index (χ1v) is 11.8. The fourth-order valence-electron chi connectivity index (χ4n) is 4.68. The van der Waals surface area contributed by atoms with Gasteiger partial charge in [0.05, 0.1) is 11.6 Å². The Balaban J connectivity index is 1.69. The SMILES string of the molecule is COCC(=O)NC1CCC(n2c(=O)c3cc(F)cnc3n(C3CCSCC3)c2=O)CC1. The number of ether oxygens (including phenoxy) is 1. The number of pyridine rings is 1. The monoisotopic (exact) mass is 450 g/mol. The lowest BCUT2D eigenvalue weighted by Crippen LogP contribution is -2.46. The number of carbonyl (C=O) groups excluding carboxylic acids is 1. The van der Waals surface area contributed by atoms with Crippen molar-refractivity contribution in [3.05, 3.63) is 38.9 Å². The Labute approximate surface area is 183 Å². The van der Waals surface area contributed by atoms with Crippen LogP contribution in [0.15, 0.2) is 21.9 Å². The minimum Gasteiger partial charge on any atom is -0.375 e. The fraction of sp³-hybridized carbons (Fsp3) is 0.619. The summed E-state index contributed by atoms with van der Waals surface area (Å²) in [7, 11) is 1.47. The molecule has 8 nitrogen and oxygen atoms in total. The molecule has 168 valence electrons. The van der Waals surface area contributed by atoms with E-state index in [1.165, 1.54) is 17.7 Å². The molecule has 10 heteroatoms. The summed E-state index contributed by atoms with van der Waals surface area (Å²) in [5.41, 5.74) is -0.578. The number of hydrogen-bond acceptors (Lipinski definition) is 6. The van der Waals surface area contributed by atoms with E-state index in [0.29, 0.717) is 25.7 Å². The lowest BCUT2D eigenvalue weighted by Gasteiger charge is -2.31. The Hall–Kier alpha value is -2.20. The summed E-state index contributed by atoms with van der Waals surface area (Å²) in [5.74, 6) is 1.11. The van der Waals surface area contributed by atoms with Gasteiger partial charge in [0.25, 0.3) is 5.56 Å². The highest BCUT2D eigenvalue weighted by Gasteiger charge is 2.29. The molecule has 4 rings (SSSR count). The Morgan fingerprint density at radius 3 is 2.52 bits per heavy atom. The van der Waals surface area contributed by atoms with E-state index < -0.39 is 11.4 Å². The molecule has 1 N–H and O–H groups in total. The second kappa shape index (κ2) is 9.52. The lowest BCUT2D eigenvalue weighted by molar-refractivity contribution is -0.125. The molecule has 1 saturated carbocycles. The van der Waals surface area contributed by atoms with Gasteiger partial charge in [-0.1, -0.05) is 0 Å². The Morgan fingerprint density at radius 1 is 1.16 bits per heavy atom. The number of aromatic nitrogens is 3. The van der Waals surface area contributed by atoms with E-state index in [2.05, 4.69) is 10.3 Å². The van der Waals surface area contributed by atoms with E-state index >= 15 is 0 Å². The van der Waals surface area contributed by atoms with Crippen LogP contribution in [-0.2, 0) is 9.53 Å². The number of halogens is 1. The summed E-state index contributed by atoms with van der Waals surface area (Å²) in [6.07, 6.45) is 5.18. The number of nitrogens with zero attached hydrogens (tertiary/aromatic N) is 3. The molecule has 0 bridgehead atoms. The van der Waals surface area contributed by atoms with Gasteiger partial charge in [-0.3, -0.25) is 18.7 Å². The number of hydrogen-bond donors (Lipinski definition) is 1. The van der Waals surface area contributed by atoms with Crippen LogP contribution in [0, 0.1) is 5.82 Å². The summed E-state index contributed by atoms with van der Waals surface area (Å²) in [4.78, 5) is 42.7. The Bertz CT molecular complexity index is 1070. The number of nitrogens with one attached hydrogen (secondary N) is 1. The minimum absolute atomic E-state index is 0.00695. The third kappa shape index (κ3) is 4.55. The normalized spacial score (nSPS) is 22.5. The van der Waals surface area contributed by atoms with Crippen molar-refractivity contribution in [2.45, 2.75) is 56.7 Å². The molecule has 0 aromatic carbocycles. The van der Waals surface area contributed by atoms with Crippen molar-refractivity contribution >= 4 is 28.7 Å². The summed E-state index contributed by atoms with van der Waals surface area (Å²) >= 11 is 1.84. The molecule has 0 unspecified atom stereocenters. The third-order valence-electron chi connectivity index (χ3n) is 6.18. The van der Waals surface area contributed by atoms with Crippen molar-refractivity contribution in [2.75, 3.05) is 25.2 Å². The highest BCUT2D eigenvalue weighted by atomic mass is 32.2. The molecule has 2 aliphatic rings. The molecule has 2 aromatic rings. The van der Waals surface area contributed by atoms with Crippen LogP contribution in [0.1, 0.15) is 50.6 Å². The number of fused-ring (bicyclic) bond motifs is 1. The molecule has 1 aliphatic carbocycles. The van der Waals surface area contributed by atoms with Gasteiger partial charge in [-0.15, -0.1) is 0 Å². The summed E-state index contributed by atoms with van der Waals surface area (Å²) in [5, 5.41) is 3.07. The van der Waals surface area contributed by atoms with E-state index in [-0.39, 0.29) is 47.4 Å². The molecular formula is C21H27FN4O4S. The van der Waals surface area contributed by atoms with Crippen molar-refractivity contribution in [1.82, 2.24) is 19.4 Å². The van der Waals surface area contributed by atoms with Crippen LogP contribution in [0.5, 0.6) is 0 Å². The second-order valence-corrected chi connectivity index (χ2v) is 9.43. The van der Waals surface area contributed by atoms with Crippen LogP contribution in [0.25, 0.3) is 11.0 Å². The molecule has 31 heavy (non-hydrogen) atoms. The molecule has 1 amide bonds. The van der Waals surface area contributed by atoms with Gasteiger partial charge < -0.3 is 10.1 Å². The van der Waals surface area contributed by atoms with Crippen molar-refractivity contribution in [3.8, 4) is 0 Å². The summed E-state index contributed by atoms with van der Waals surface area (Å²) in [6, 6.07) is 0.843. The Kier molecular flexibility index (Phi) is 6.76. The lowest BCUT2D eigenvalue weighted by atomic mass is 9.91. The first kappa shape index (κ1) is 22.0. The van der Waals surface area contributed by atoms with E-state index in [0.717, 1.165) is 30.5 Å². The highest BCUT2D eigenvalue weighted by molar-refractivity contribution is 7.99. The predicted octanol–water partition coefficient (Wildman–Crippen LogP) is 2.01. The van der Waals surface area contributed by atoms with E-state index in [1.807, 2.05) is 11.8 Å². The number of rotatable bonds is 5. The molecule has 0 spiro atoms. The number of amides is 1. The second-order valence-electron chi connectivity index (χ2n) is 8.20. The quantitative estimate of drug-likeness (QED) is 0.749. The van der Waals surface area contributed by atoms with Crippen molar-refractivity contribution in [2.24, 2.45) is 0 Å². The van der Waals surface area contributed by atoms with Crippen LogP contribution in [0.3, 0.4) is 0 Å². The van der Waals surface area contributed by atoms with E-state index in [1.54, 1.807) is 4.57 Å². The molecule has 1 aliphatic heterocycles. The molecule has 1 saturated heterocycles. The molecule has 3 heterocycles. The highest BCUT2D eigenvalue weighted by Crippen LogP contribution is 2.30. The zero-order valence-electron chi connectivity index (χ0n) is 17.5. The maximum atomic E-state index is 13.9. The van der Waals surface area contributed by atoms with Gasteiger partial charge in [-0.2, -0.15) is 11.8 Å². The number of carbonyl (C=O) groups is 1. The minimum atomic E-state index is -0.592. The van der Waals surface area contributed by atoms with Crippen molar-refractivity contribution in [3.63, 3.8) is 0 Å². The van der Waals surface area contributed by atoms with Crippen LogP contribution in [0.2, 0.25) is 0 Å². The van der Waals surface area contributed by atoms with E-state index in [9.17, 15) is 18.8 Å². The van der Waals surface area contributed by atoms with Gasteiger partial charge in [0.2, 0.25) is 5.91 Å². The van der Waals surface area contributed by atoms with Gasteiger partial charge >= 0.3 is 5.69 Å². The smallest absolute Gasteiger partial charge is 0.333 e. The zero-order chi connectivity index (χ0) is 22.0. The van der Waals surface area contributed by atoms with Crippen LogP contribution < -0.4 is 16.6 Å². The molecule has 0 radical (unpaired) electrons. The van der Waals surface area contributed by atoms with Gasteiger partial charge in [0.15, 0.2) is 0 Å². The summed E-state index contributed by atoms with van der Waals surface area (Å²) < 4.78 is 21.7. The molecular weight excluding hydrogens is 423 g/mol. The molecule has 2 fully saturated rings. The van der Waals surface area contributed by atoms with Crippen LogP contribution in [-0.4, -0.2) is 51.3 Å². The van der Waals surface area contributed by atoms with Crippen molar-refractivity contribution in [1.29, 1.82) is 0 Å². The van der Waals surface area contributed by atoms with Gasteiger partial charge in [0, 0.05) is 25.2 Å². The molecule has 2 aromatic heterocycles. The molecule has 0 atom stereocenters. The summed E-state index contributed by atoms with van der Waals surface area (Å²) in [6.45, 7) is 0.00695. The standard InChI is InChI=1S/C21H27FN4O4S/c1-30-12-18(27)24-14-2-4-15(5-3-14)26-20(28)17-10-13(22)11-23-19(17)25(21(26)29)16-6-8-31-9-7-16/h10-11,14-16H,2-9,12H2,1H3,(H,24,27). The van der Waals surface area contributed by atoms with Gasteiger partial charge in [0.1, 0.15) is 18.1 Å². The topological polar surface area (TPSA) is 95.2 Å². The number of thioether (sulfide) groups is 1. The largest absolute Gasteiger partial charge is 0.375 e. The number of methoxy groups -OCH3 is 1. The third-order valence-corrected chi connectivity index (χ3v) is 7.23. The van der Waals surface area contributed by atoms with Crippen LogP contribution >= 0.6 is 11.8 Å². The van der Waals surface area contributed by atoms with Crippen molar-refractivity contribution < 1.29 is 13.9 Å². The first-order valence-electron chi connectivity index (χ1n) is 10.7. The maximum absolute atomic E-state index is 13.9. The Morgan fingerprint density at radius 2 is 1.84 bits per heavy atom. The average Bonchev–Trinajstić information content (AvgIpc) is 2.76. The zero-order valence-corrected chi connectivity index (χ0v) is 18.3. The predicted molar refractivity (Wildman–Crippen MR) is 117 cm³/mol. The first-order chi connectivity index (χ1) is 15.0. The van der Waals surface area contributed by atoms with Gasteiger partial charge in [-0.25, -0.2) is 14.2 Å². The van der Waals surface area contributed by atoms with E-state index in [4.69, 9.17) is 4.74 Å². The average molecular weight is 451 g/mol.